The maximum atomic E-state index is 9.50. The molecule has 2 aliphatic rings. The summed E-state index contributed by atoms with van der Waals surface area (Å²) in [5, 5.41) is 13.1. The molecule has 2 saturated heterocycles. The van der Waals surface area contributed by atoms with E-state index in [-0.39, 0.29) is 6.10 Å². The lowest BCUT2D eigenvalue weighted by atomic mass is 9.98. The van der Waals surface area contributed by atoms with Crippen molar-refractivity contribution >= 4 is 0 Å². The van der Waals surface area contributed by atoms with Crippen molar-refractivity contribution in [3.63, 3.8) is 0 Å². The molecule has 2 N–H and O–H groups in total. The predicted molar refractivity (Wildman–Crippen MR) is 44.4 cm³/mol. The van der Waals surface area contributed by atoms with E-state index < -0.39 is 0 Å². The van der Waals surface area contributed by atoms with E-state index in [1.807, 2.05) is 0 Å². The molecule has 2 nitrogen and oxygen atoms in total. The Hall–Kier alpha value is -0.0800. The molecule has 2 aliphatic heterocycles. The van der Waals surface area contributed by atoms with Gasteiger partial charge >= 0.3 is 0 Å². The molecule has 0 radical (unpaired) electrons. The number of aliphatic hydroxyl groups excluding tert-OH is 1. The van der Waals surface area contributed by atoms with E-state index in [2.05, 4.69) is 5.32 Å². The second kappa shape index (κ2) is 3.11. The van der Waals surface area contributed by atoms with Gasteiger partial charge in [0.25, 0.3) is 0 Å². The maximum Gasteiger partial charge on any atom is 0.0555 e. The number of hydrogen-bond donors (Lipinski definition) is 2. The van der Waals surface area contributed by atoms with Gasteiger partial charge in [0.1, 0.15) is 0 Å². The summed E-state index contributed by atoms with van der Waals surface area (Å²) in [6.45, 7) is 0. The Morgan fingerprint density at radius 3 is 2.73 bits per heavy atom. The third-order valence-electron chi connectivity index (χ3n) is 2.98. The quantitative estimate of drug-likeness (QED) is 0.548. The summed E-state index contributed by atoms with van der Waals surface area (Å²) in [4.78, 5) is 0. The molecular weight excluding hydrogens is 138 g/mol. The van der Waals surface area contributed by atoms with Crippen molar-refractivity contribution in [1.82, 2.24) is 5.32 Å². The molecule has 2 heterocycles. The molecule has 3 unspecified atom stereocenters. The van der Waals surface area contributed by atoms with Crippen LogP contribution in [0.4, 0.5) is 0 Å². The van der Waals surface area contributed by atoms with Crippen LogP contribution in [0.1, 0.15) is 38.5 Å². The zero-order valence-electron chi connectivity index (χ0n) is 6.92. The van der Waals surface area contributed by atoms with E-state index >= 15 is 0 Å². The van der Waals surface area contributed by atoms with Gasteiger partial charge in [-0.2, -0.15) is 0 Å². The van der Waals surface area contributed by atoms with Gasteiger partial charge in [-0.05, 0) is 32.1 Å². The number of piperidine rings is 1. The van der Waals surface area contributed by atoms with Crippen molar-refractivity contribution in [1.29, 1.82) is 0 Å². The highest BCUT2D eigenvalue weighted by atomic mass is 16.3. The fourth-order valence-electron chi connectivity index (χ4n) is 2.36. The molecular formula is C9H17NO. The standard InChI is InChI=1S/C9H17NO/c11-9-5-4-7-2-1-3-8(6-9)10-7/h7-11H,1-6H2. The second-order valence-corrected chi connectivity index (χ2v) is 3.96. The van der Waals surface area contributed by atoms with Gasteiger partial charge < -0.3 is 10.4 Å². The lowest BCUT2D eigenvalue weighted by Crippen LogP contribution is -2.40. The highest BCUT2D eigenvalue weighted by Gasteiger charge is 2.26. The van der Waals surface area contributed by atoms with E-state index in [0.29, 0.717) is 12.1 Å². The molecule has 3 atom stereocenters. The van der Waals surface area contributed by atoms with Crippen LogP contribution in [0.25, 0.3) is 0 Å². The van der Waals surface area contributed by atoms with E-state index in [9.17, 15) is 5.11 Å². The van der Waals surface area contributed by atoms with Gasteiger partial charge in [0, 0.05) is 12.1 Å². The van der Waals surface area contributed by atoms with Crippen LogP contribution in [0.15, 0.2) is 0 Å². The number of fused-ring (bicyclic) bond motifs is 2. The molecule has 0 saturated carbocycles. The molecule has 0 aromatic heterocycles. The normalized spacial score (nSPS) is 45.0. The molecule has 2 bridgehead atoms. The SMILES string of the molecule is OC1CCC2CCCC(C1)N2. The van der Waals surface area contributed by atoms with Gasteiger partial charge in [-0.25, -0.2) is 0 Å². The van der Waals surface area contributed by atoms with Gasteiger partial charge in [0.2, 0.25) is 0 Å². The number of rotatable bonds is 0. The van der Waals surface area contributed by atoms with Gasteiger partial charge in [0.15, 0.2) is 0 Å². The number of nitrogens with one attached hydrogen (secondary N) is 1. The topological polar surface area (TPSA) is 32.3 Å². The molecule has 0 spiro atoms. The first-order valence-electron chi connectivity index (χ1n) is 4.79. The van der Waals surface area contributed by atoms with Crippen molar-refractivity contribution < 1.29 is 5.11 Å². The summed E-state index contributed by atoms with van der Waals surface area (Å²) in [5.41, 5.74) is 0. The zero-order chi connectivity index (χ0) is 7.68. The maximum absolute atomic E-state index is 9.50. The van der Waals surface area contributed by atoms with Crippen LogP contribution >= 0.6 is 0 Å². The molecule has 2 fully saturated rings. The molecule has 0 aliphatic carbocycles. The van der Waals surface area contributed by atoms with Gasteiger partial charge in [0.05, 0.1) is 6.10 Å². The molecule has 11 heavy (non-hydrogen) atoms. The van der Waals surface area contributed by atoms with Crippen molar-refractivity contribution in [3.8, 4) is 0 Å². The van der Waals surface area contributed by atoms with Crippen LogP contribution in [-0.2, 0) is 0 Å². The summed E-state index contributed by atoms with van der Waals surface area (Å²) in [5.74, 6) is 0. The predicted octanol–water partition coefficient (Wildman–Crippen LogP) is 1.04. The Labute approximate surface area is 68.0 Å². The minimum atomic E-state index is -0.0319. The van der Waals surface area contributed by atoms with Crippen molar-refractivity contribution in [2.45, 2.75) is 56.7 Å². The van der Waals surface area contributed by atoms with Crippen LogP contribution in [0, 0.1) is 0 Å². The first kappa shape index (κ1) is 7.56. The van der Waals surface area contributed by atoms with E-state index in [4.69, 9.17) is 0 Å². The Bertz CT molecular complexity index is 136. The first-order valence-corrected chi connectivity index (χ1v) is 4.79. The monoisotopic (exact) mass is 155 g/mol. The van der Waals surface area contributed by atoms with Crippen LogP contribution < -0.4 is 5.32 Å². The summed E-state index contributed by atoms with van der Waals surface area (Å²) in [6, 6.07) is 1.33. The minimum absolute atomic E-state index is 0.0319. The largest absolute Gasteiger partial charge is 0.393 e. The molecule has 0 amide bonds. The summed E-state index contributed by atoms with van der Waals surface area (Å²) in [6.07, 6.45) is 7.09. The third-order valence-corrected chi connectivity index (χ3v) is 2.98. The van der Waals surface area contributed by atoms with Crippen LogP contribution in [-0.4, -0.2) is 23.3 Å². The summed E-state index contributed by atoms with van der Waals surface area (Å²) >= 11 is 0. The van der Waals surface area contributed by atoms with Gasteiger partial charge in [-0.3, -0.25) is 0 Å². The second-order valence-electron chi connectivity index (χ2n) is 3.96. The summed E-state index contributed by atoms with van der Waals surface area (Å²) in [7, 11) is 0. The highest BCUT2D eigenvalue weighted by Crippen LogP contribution is 2.24. The molecule has 2 rings (SSSR count). The average Bonchev–Trinajstić information content (AvgIpc) is 2.12. The Morgan fingerprint density at radius 1 is 1.00 bits per heavy atom. The third kappa shape index (κ3) is 1.74. The van der Waals surface area contributed by atoms with Gasteiger partial charge in [-0.1, -0.05) is 6.42 Å². The number of hydrogen-bond acceptors (Lipinski definition) is 2. The fraction of sp³-hybridized carbons (Fsp3) is 1.00. The van der Waals surface area contributed by atoms with E-state index in [0.717, 1.165) is 12.8 Å². The Morgan fingerprint density at radius 2 is 1.82 bits per heavy atom. The smallest absolute Gasteiger partial charge is 0.0555 e. The lowest BCUT2D eigenvalue weighted by Gasteiger charge is -2.28. The molecule has 64 valence electrons. The van der Waals surface area contributed by atoms with Crippen LogP contribution in [0.5, 0.6) is 0 Å². The highest BCUT2D eigenvalue weighted by molar-refractivity contribution is 4.86. The van der Waals surface area contributed by atoms with Crippen molar-refractivity contribution in [2.75, 3.05) is 0 Å². The van der Waals surface area contributed by atoms with Crippen LogP contribution in [0.3, 0.4) is 0 Å². The lowest BCUT2D eigenvalue weighted by molar-refractivity contribution is 0.149. The fourth-order valence-corrected chi connectivity index (χ4v) is 2.36. The number of aliphatic hydroxyl groups is 1. The average molecular weight is 155 g/mol. The van der Waals surface area contributed by atoms with Crippen LogP contribution in [0.2, 0.25) is 0 Å². The minimum Gasteiger partial charge on any atom is -0.393 e. The van der Waals surface area contributed by atoms with Crippen molar-refractivity contribution in [3.05, 3.63) is 0 Å². The molecule has 0 aromatic rings. The van der Waals surface area contributed by atoms with E-state index in [1.54, 1.807) is 0 Å². The van der Waals surface area contributed by atoms with Crippen molar-refractivity contribution in [2.24, 2.45) is 0 Å². The Balaban J connectivity index is 1.98. The molecule has 0 aromatic carbocycles. The molecule has 2 heteroatoms. The first-order chi connectivity index (χ1) is 5.34. The Kier molecular flexibility index (Phi) is 2.14. The zero-order valence-corrected chi connectivity index (χ0v) is 6.92. The summed E-state index contributed by atoms with van der Waals surface area (Å²) < 4.78 is 0. The van der Waals surface area contributed by atoms with Gasteiger partial charge in [-0.15, -0.1) is 0 Å². The van der Waals surface area contributed by atoms with E-state index in [1.165, 1.54) is 25.7 Å².